The standard InChI is InChI=1S/C16H24N2O3.ClH/c1-5-18(6-2)11-7-8-12(13(19)9-11)14-16(3,4)10-21-15(20)17-14;/h7-9,14,19H,5-6,10H2,1-4H3,(H,17,20);1H/t14-;/m1./s1. The van der Waals surface area contributed by atoms with Crippen LogP contribution in [0.5, 0.6) is 5.75 Å². The van der Waals surface area contributed by atoms with Gasteiger partial charge in [0.05, 0.1) is 6.04 Å². The minimum Gasteiger partial charge on any atom is -0.508 e. The summed E-state index contributed by atoms with van der Waals surface area (Å²) in [7, 11) is 0. The van der Waals surface area contributed by atoms with Gasteiger partial charge in [0.15, 0.2) is 0 Å². The first-order chi connectivity index (χ1) is 9.89. The quantitative estimate of drug-likeness (QED) is 0.888. The van der Waals surface area contributed by atoms with Crippen molar-refractivity contribution in [1.29, 1.82) is 0 Å². The fourth-order valence-corrected chi connectivity index (χ4v) is 2.75. The van der Waals surface area contributed by atoms with Crippen LogP contribution in [-0.4, -0.2) is 30.9 Å². The van der Waals surface area contributed by atoms with Crippen LogP contribution in [0.15, 0.2) is 18.2 Å². The Labute approximate surface area is 138 Å². The number of carbonyl (C=O) groups is 1. The molecule has 1 heterocycles. The van der Waals surface area contributed by atoms with Crippen molar-refractivity contribution in [3.63, 3.8) is 0 Å². The Morgan fingerprint density at radius 1 is 1.36 bits per heavy atom. The predicted octanol–water partition coefficient (Wildman–Crippen LogP) is 3.47. The van der Waals surface area contributed by atoms with Gasteiger partial charge in [0.1, 0.15) is 12.4 Å². The van der Waals surface area contributed by atoms with Gasteiger partial charge in [-0.2, -0.15) is 0 Å². The molecule has 0 aliphatic carbocycles. The van der Waals surface area contributed by atoms with E-state index in [1.54, 1.807) is 6.07 Å². The molecule has 1 aromatic carbocycles. The molecule has 1 saturated heterocycles. The molecule has 1 amide bonds. The Balaban J connectivity index is 0.00000242. The number of carbonyl (C=O) groups excluding carboxylic acids is 1. The number of phenols is 1. The first-order valence-electron chi connectivity index (χ1n) is 7.40. The van der Waals surface area contributed by atoms with Gasteiger partial charge in [-0.15, -0.1) is 12.4 Å². The van der Waals surface area contributed by atoms with E-state index in [0.717, 1.165) is 24.3 Å². The lowest BCUT2D eigenvalue weighted by molar-refractivity contribution is 0.0381. The van der Waals surface area contributed by atoms with E-state index in [9.17, 15) is 9.90 Å². The fourth-order valence-electron chi connectivity index (χ4n) is 2.75. The van der Waals surface area contributed by atoms with Gasteiger partial charge < -0.3 is 20.1 Å². The number of aromatic hydroxyl groups is 1. The number of hydrogen-bond donors (Lipinski definition) is 2. The third-order valence-corrected chi connectivity index (χ3v) is 4.07. The highest BCUT2D eigenvalue weighted by Crippen LogP contribution is 2.40. The number of nitrogens with one attached hydrogen (secondary N) is 1. The Kier molecular flexibility index (Phi) is 5.94. The Bertz CT molecular complexity index is 530. The Morgan fingerprint density at radius 2 is 2.00 bits per heavy atom. The van der Waals surface area contributed by atoms with Crippen molar-refractivity contribution in [3.8, 4) is 5.75 Å². The summed E-state index contributed by atoms with van der Waals surface area (Å²) < 4.78 is 5.04. The van der Waals surface area contributed by atoms with Crippen molar-refractivity contribution in [3.05, 3.63) is 23.8 Å². The summed E-state index contributed by atoms with van der Waals surface area (Å²) >= 11 is 0. The highest BCUT2D eigenvalue weighted by atomic mass is 35.5. The summed E-state index contributed by atoms with van der Waals surface area (Å²) in [5.74, 6) is 0.208. The lowest BCUT2D eigenvalue weighted by Gasteiger charge is -2.38. The number of alkyl carbamates (subject to hydrolysis) is 1. The largest absolute Gasteiger partial charge is 0.508 e. The van der Waals surface area contributed by atoms with Gasteiger partial charge in [-0.25, -0.2) is 4.79 Å². The lowest BCUT2D eigenvalue weighted by atomic mass is 9.80. The number of phenolic OH excluding ortho intramolecular Hbond substituents is 1. The zero-order chi connectivity index (χ0) is 15.6. The number of cyclic esters (lactones) is 1. The molecule has 5 nitrogen and oxygen atoms in total. The van der Waals surface area contributed by atoms with E-state index in [4.69, 9.17) is 4.74 Å². The number of ether oxygens (including phenoxy) is 1. The second kappa shape index (κ2) is 7.09. The zero-order valence-corrected chi connectivity index (χ0v) is 14.4. The predicted molar refractivity (Wildman–Crippen MR) is 89.9 cm³/mol. The molecule has 0 aromatic heterocycles. The van der Waals surface area contributed by atoms with Crippen molar-refractivity contribution in [2.45, 2.75) is 33.7 Å². The second-order valence-electron chi connectivity index (χ2n) is 6.06. The Morgan fingerprint density at radius 3 is 2.55 bits per heavy atom. The van der Waals surface area contributed by atoms with Crippen molar-refractivity contribution >= 4 is 24.2 Å². The summed E-state index contributed by atoms with van der Waals surface area (Å²) in [5.41, 5.74) is 1.44. The zero-order valence-electron chi connectivity index (χ0n) is 13.5. The average molecular weight is 329 g/mol. The summed E-state index contributed by atoms with van der Waals surface area (Å²) in [6.07, 6.45) is -0.438. The highest BCUT2D eigenvalue weighted by molar-refractivity contribution is 5.85. The molecule has 0 unspecified atom stereocenters. The van der Waals surface area contributed by atoms with E-state index in [2.05, 4.69) is 24.1 Å². The Hall–Kier alpha value is -1.62. The number of hydrogen-bond acceptors (Lipinski definition) is 4. The van der Waals surface area contributed by atoms with Crippen LogP contribution in [0.3, 0.4) is 0 Å². The van der Waals surface area contributed by atoms with Crippen molar-refractivity contribution in [1.82, 2.24) is 5.32 Å². The first-order valence-corrected chi connectivity index (χ1v) is 7.40. The molecule has 0 radical (unpaired) electrons. The molecule has 124 valence electrons. The molecule has 1 aliphatic heterocycles. The smallest absolute Gasteiger partial charge is 0.407 e. The van der Waals surface area contributed by atoms with E-state index in [1.807, 2.05) is 26.0 Å². The number of benzene rings is 1. The van der Waals surface area contributed by atoms with E-state index in [0.29, 0.717) is 6.61 Å². The van der Waals surface area contributed by atoms with Gasteiger partial charge in [-0.1, -0.05) is 19.9 Å². The molecule has 1 fully saturated rings. The second-order valence-corrected chi connectivity index (χ2v) is 6.06. The van der Waals surface area contributed by atoms with Crippen molar-refractivity contribution in [2.75, 3.05) is 24.6 Å². The van der Waals surface area contributed by atoms with E-state index in [-0.39, 0.29) is 29.6 Å². The summed E-state index contributed by atoms with van der Waals surface area (Å²) in [6, 6.07) is 5.38. The van der Waals surface area contributed by atoms with Gasteiger partial charge in [0.25, 0.3) is 0 Å². The minimum absolute atomic E-state index is 0. The lowest BCUT2D eigenvalue weighted by Crippen LogP contribution is -2.46. The van der Waals surface area contributed by atoms with Crippen LogP contribution in [0.1, 0.15) is 39.3 Å². The number of nitrogens with zero attached hydrogens (tertiary/aromatic N) is 1. The minimum atomic E-state index is -0.438. The molecule has 1 atom stereocenters. The molecule has 22 heavy (non-hydrogen) atoms. The van der Waals surface area contributed by atoms with E-state index < -0.39 is 6.09 Å². The van der Waals surface area contributed by atoms with Crippen LogP contribution in [0.25, 0.3) is 0 Å². The molecular formula is C16H25ClN2O3. The van der Waals surface area contributed by atoms with E-state index >= 15 is 0 Å². The third kappa shape index (κ3) is 3.58. The monoisotopic (exact) mass is 328 g/mol. The molecule has 1 aromatic rings. The molecular weight excluding hydrogens is 304 g/mol. The molecule has 0 bridgehead atoms. The molecule has 6 heteroatoms. The number of anilines is 1. The van der Waals surface area contributed by atoms with Crippen LogP contribution < -0.4 is 10.2 Å². The number of rotatable bonds is 4. The van der Waals surface area contributed by atoms with Gasteiger partial charge in [0.2, 0.25) is 0 Å². The highest BCUT2D eigenvalue weighted by Gasteiger charge is 2.39. The summed E-state index contributed by atoms with van der Waals surface area (Å²) in [5, 5.41) is 13.2. The third-order valence-electron chi connectivity index (χ3n) is 4.07. The van der Waals surface area contributed by atoms with Crippen LogP contribution in [0, 0.1) is 5.41 Å². The van der Waals surface area contributed by atoms with Crippen LogP contribution in [0.4, 0.5) is 10.5 Å². The fraction of sp³-hybridized carbons (Fsp3) is 0.562. The SMILES string of the molecule is CCN(CC)c1ccc([C@H]2NC(=O)OCC2(C)C)c(O)c1.Cl. The molecule has 0 saturated carbocycles. The van der Waals surface area contributed by atoms with Crippen LogP contribution in [0.2, 0.25) is 0 Å². The van der Waals surface area contributed by atoms with Gasteiger partial charge in [-0.05, 0) is 19.9 Å². The molecule has 2 rings (SSSR count). The van der Waals surface area contributed by atoms with Crippen molar-refractivity contribution in [2.24, 2.45) is 5.41 Å². The van der Waals surface area contributed by atoms with Crippen molar-refractivity contribution < 1.29 is 14.6 Å². The first kappa shape index (κ1) is 18.4. The normalized spacial score (nSPS) is 19.6. The topological polar surface area (TPSA) is 61.8 Å². The average Bonchev–Trinajstić information content (AvgIpc) is 2.44. The van der Waals surface area contributed by atoms with Crippen LogP contribution >= 0.6 is 12.4 Å². The van der Waals surface area contributed by atoms with Gasteiger partial charge in [-0.3, -0.25) is 0 Å². The summed E-state index contributed by atoms with van der Waals surface area (Å²) in [6.45, 7) is 10.3. The van der Waals surface area contributed by atoms with Gasteiger partial charge in [0, 0.05) is 35.8 Å². The molecule has 1 aliphatic rings. The maximum atomic E-state index is 11.5. The summed E-state index contributed by atoms with van der Waals surface area (Å²) in [4.78, 5) is 13.7. The maximum absolute atomic E-state index is 11.5. The molecule has 0 spiro atoms. The van der Waals surface area contributed by atoms with Gasteiger partial charge >= 0.3 is 6.09 Å². The molecule has 2 N–H and O–H groups in total. The number of halogens is 1. The van der Waals surface area contributed by atoms with E-state index in [1.165, 1.54) is 0 Å². The maximum Gasteiger partial charge on any atom is 0.407 e. The number of amides is 1. The van der Waals surface area contributed by atoms with Crippen LogP contribution in [-0.2, 0) is 4.74 Å².